The van der Waals surface area contributed by atoms with Crippen molar-refractivity contribution in [2.24, 2.45) is 10.7 Å². The molecule has 0 saturated carbocycles. The van der Waals surface area contributed by atoms with Crippen molar-refractivity contribution in [3.63, 3.8) is 0 Å². The van der Waals surface area contributed by atoms with E-state index >= 15 is 0 Å². The highest BCUT2D eigenvalue weighted by atomic mass is 127. The number of nitrogens with zero attached hydrogens (tertiary/aromatic N) is 3. The fourth-order valence-electron chi connectivity index (χ4n) is 3.35. The van der Waals surface area contributed by atoms with Crippen LogP contribution in [0, 0.1) is 0 Å². The summed E-state index contributed by atoms with van der Waals surface area (Å²) in [6.45, 7) is 9.09. The van der Waals surface area contributed by atoms with E-state index in [0.717, 1.165) is 31.9 Å². The first-order valence-electron chi connectivity index (χ1n) is 9.12. The molecule has 1 atom stereocenters. The normalized spacial score (nSPS) is 16.5. The average molecular weight is 460 g/mol. The van der Waals surface area contributed by atoms with E-state index < -0.39 is 0 Å². The van der Waals surface area contributed by atoms with Crippen molar-refractivity contribution in [2.75, 3.05) is 39.8 Å². The first-order valence-corrected chi connectivity index (χ1v) is 9.12. The summed E-state index contributed by atoms with van der Waals surface area (Å²) < 4.78 is 5.39. The predicted molar refractivity (Wildman–Crippen MR) is 116 cm³/mol. The minimum absolute atomic E-state index is 0. The Balaban J connectivity index is 0.00000312. The Labute approximate surface area is 169 Å². The van der Waals surface area contributed by atoms with Crippen LogP contribution in [0.5, 0.6) is 5.75 Å². The zero-order valence-electron chi connectivity index (χ0n) is 15.8. The monoisotopic (exact) mass is 460 g/mol. The summed E-state index contributed by atoms with van der Waals surface area (Å²) in [6.07, 6.45) is 3.73. The van der Waals surface area contributed by atoms with Crippen molar-refractivity contribution < 1.29 is 4.74 Å². The summed E-state index contributed by atoms with van der Waals surface area (Å²) in [5.41, 5.74) is 7.48. The van der Waals surface area contributed by atoms with E-state index in [9.17, 15) is 0 Å². The third-order valence-corrected chi connectivity index (χ3v) is 4.84. The van der Waals surface area contributed by atoms with Gasteiger partial charge < -0.3 is 15.4 Å². The fraction of sp³-hybridized carbons (Fsp3) is 0.632. The number of hydrogen-bond donors (Lipinski definition) is 1. The maximum atomic E-state index is 6.25. The van der Waals surface area contributed by atoms with Crippen LogP contribution in [0.1, 0.15) is 44.7 Å². The number of methoxy groups -OCH3 is 1. The fourth-order valence-corrected chi connectivity index (χ4v) is 3.35. The van der Waals surface area contributed by atoms with Gasteiger partial charge in [-0.15, -0.1) is 24.0 Å². The molecule has 1 aliphatic heterocycles. The minimum atomic E-state index is 0. The van der Waals surface area contributed by atoms with Gasteiger partial charge in [0.05, 0.1) is 19.7 Å². The molecule has 1 aliphatic rings. The van der Waals surface area contributed by atoms with Crippen LogP contribution in [0.3, 0.4) is 0 Å². The molecule has 0 bridgehead atoms. The van der Waals surface area contributed by atoms with E-state index in [0.29, 0.717) is 12.5 Å². The molecule has 0 amide bonds. The van der Waals surface area contributed by atoms with Crippen LogP contribution in [-0.4, -0.2) is 55.6 Å². The minimum Gasteiger partial charge on any atom is -0.497 e. The molecule has 142 valence electrons. The van der Waals surface area contributed by atoms with E-state index in [-0.39, 0.29) is 30.0 Å². The summed E-state index contributed by atoms with van der Waals surface area (Å²) >= 11 is 0. The molecule has 0 aliphatic carbocycles. The Morgan fingerprint density at radius 2 is 1.92 bits per heavy atom. The Kier molecular flexibility index (Phi) is 10.2. The van der Waals surface area contributed by atoms with Crippen LogP contribution >= 0.6 is 24.0 Å². The standard InChI is InChI=1S/C19H32N4O.HI/c1-4-22(5-2)18(16-10-9-11-17(14-16)24-3)15-21-19(20)23-12-7-6-8-13-23;/h9-11,14,18H,4-8,12-13,15H2,1-3H3,(H2,20,21);1H. The lowest BCUT2D eigenvalue weighted by molar-refractivity contribution is 0.223. The van der Waals surface area contributed by atoms with Gasteiger partial charge in [0.25, 0.3) is 0 Å². The van der Waals surface area contributed by atoms with E-state index in [2.05, 4.69) is 35.8 Å². The van der Waals surface area contributed by atoms with E-state index in [1.165, 1.54) is 24.8 Å². The molecule has 2 rings (SSSR count). The number of benzene rings is 1. The number of ether oxygens (including phenoxy) is 1. The Morgan fingerprint density at radius 3 is 2.52 bits per heavy atom. The van der Waals surface area contributed by atoms with Gasteiger partial charge in [0.2, 0.25) is 0 Å². The van der Waals surface area contributed by atoms with Crippen LogP contribution in [0.15, 0.2) is 29.3 Å². The molecule has 0 spiro atoms. The van der Waals surface area contributed by atoms with Gasteiger partial charge in [0, 0.05) is 13.1 Å². The second kappa shape index (κ2) is 11.6. The maximum absolute atomic E-state index is 6.25. The first-order chi connectivity index (χ1) is 11.7. The van der Waals surface area contributed by atoms with Gasteiger partial charge in [-0.3, -0.25) is 9.89 Å². The number of guanidine groups is 1. The lowest BCUT2D eigenvalue weighted by atomic mass is 10.0. The van der Waals surface area contributed by atoms with Crippen LogP contribution in [0.2, 0.25) is 0 Å². The Morgan fingerprint density at radius 1 is 1.24 bits per heavy atom. The molecule has 1 fully saturated rings. The third-order valence-electron chi connectivity index (χ3n) is 4.84. The zero-order valence-corrected chi connectivity index (χ0v) is 18.1. The van der Waals surface area contributed by atoms with Gasteiger partial charge in [-0.2, -0.15) is 0 Å². The molecular weight excluding hydrogens is 427 g/mol. The molecule has 1 saturated heterocycles. The van der Waals surface area contributed by atoms with Crippen molar-refractivity contribution in [1.82, 2.24) is 9.80 Å². The number of rotatable bonds is 7. The number of aliphatic imine (C=N–C) groups is 1. The maximum Gasteiger partial charge on any atom is 0.191 e. The average Bonchev–Trinajstić information content (AvgIpc) is 2.65. The van der Waals surface area contributed by atoms with Gasteiger partial charge >= 0.3 is 0 Å². The largest absolute Gasteiger partial charge is 0.497 e. The van der Waals surface area contributed by atoms with E-state index in [4.69, 9.17) is 15.5 Å². The molecular formula is C19H33IN4O. The number of likely N-dealkylation sites (N-methyl/N-ethyl adjacent to an activating group) is 1. The van der Waals surface area contributed by atoms with Gasteiger partial charge in [0.1, 0.15) is 5.75 Å². The second-order valence-electron chi connectivity index (χ2n) is 6.26. The van der Waals surface area contributed by atoms with Gasteiger partial charge in [-0.1, -0.05) is 26.0 Å². The number of likely N-dealkylation sites (tertiary alicyclic amines) is 1. The summed E-state index contributed by atoms with van der Waals surface area (Å²) in [4.78, 5) is 9.37. The molecule has 2 N–H and O–H groups in total. The highest BCUT2D eigenvalue weighted by Crippen LogP contribution is 2.24. The highest BCUT2D eigenvalue weighted by molar-refractivity contribution is 14.0. The predicted octanol–water partition coefficient (Wildman–Crippen LogP) is 3.50. The Bertz CT molecular complexity index is 528. The summed E-state index contributed by atoms with van der Waals surface area (Å²) in [7, 11) is 1.71. The van der Waals surface area contributed by atoms with Gasteiger partial charge in [-0.25, -0.2) is 0 Å². The highest BCUT2D eigenvalue weighted by Gasteiger charge is 2.19. The van der Waals surface area contributed by atoms with Crippen molar-refractivity contribution in [3.8, 4) is 5.75 Å². The van der Waals surface area contributed by atoms with Crippen molar-refractivity contribution in [3.05, 3.63) is 29.8 Å². The van der Waals surface area contributed by atoms with Crippen molar-refractivity contribution in [2.45, 2.75) is 39.2 Å². The molecule has 1 aromatic carbocycles. The lowest BCUT2D eigenvalue weighted by Crippen LogP contribution is -2.41. The summed E-state index contributed by atoms with van der Waals surface area (Å²) in [5.74, 6) is 1.58. The SMILES string of the molecule is CCN(CC)C(CN=C(N)N1CCCCC1)c1cccc(OC)c1.I. The van der Waals surface area contributed by atoms with Crippen LogP contribution in [-0.2, 0) is 0 Å². The molecule has 0 aromatic heterocycles. The number of hydrogen-bond acceptors (Lipinski definition) is 3. The van der Waals surface area contributed by atoms with Crippen LogP contribution < -0.4 is 10.5 Å². The van der Waals surface area contributed by atoms with Crippen LogP contribution in [0.25, 0.3) is 0 Å². The molecule has 1 unspecified atom stereocenters. The smallest absolute Gasteiger partial charge is 0.191 e. The van der Waals surface area contributed by atoms with E-state index in [1.807, 2.05) is 12.1 Å². The zero-order chi connectivity index (χ0) is 17.4. The first kappa shape index (κ1) is 22.0. The molecule has 0 radical (unpaired) electrons. The molecule has 5 nitrogen and oxygen atoms in total. The molecule has 1 heterocycles. The van der Waals surface area contributed by atoms with Crippen LogP contribution in [0.4, 0.5) is 0 Å². The molecule has 6 heteroatoms. The Hall–Kier alpha value is -1.02. The number of piperidine rings is 1. The molecule has 1 aromatic rings. The van der Waals surface area contributed by atoms with Crippen molar-refractivity contribution in [1.29, 1.82) is 0 Å². The summed E-state index contributed by atoms with van der Waals surface area (Å²) in [5, 5.41) is 0. The quantitative estimate of drug-likeness (QED) is 0.385. The number of halogens is 1. The number of nitrogens with two attached hydrogens (primary N) is 1. The van der Waals surface area contributed by atoms with Gasteiger partial charge in [-0.05, 0) is 50.0 Å². The third kappa shape index (κ3) is 6.33. The summed E-state index contributed by atoms with van der Waals surface area (Å²) in [6, 6.07) is 8.50. The second-order valence-corrected chi connectivity index (χ2v) is 6.26. The van der Waals surface area contributed by atoms with Crippen molar-refractivity contribution >= 4 is 29.9 Å². The van der Waals surface area contributed by atoms with E-state index in [1.54, 1.807) is 7.11 Å². The topological polar surface area (TPSA) is 54.1 Å². The van der Waals surface area contributed by atoms with Gasteiger partial charge in [0.15, 0.2) is 5.96 Å². The lowest BCUT2D eigenvalue weighted by Gasteiger charge is -2.31. The molecule has 25 heavy (non-hydrogen) atoms.